The molecule has 130 valence electrons. The fourth-order valence-corrected chi connectivity index (χ4v) is 3.11. The molecule has 3 rings (SSSR count). The van der Waals surface area contributed by atoms with Gasteiger partial charge in [-0.05, 0) is 45.8 Å². The van der Waals surface area contributed by atoms with Crippen molar-refractivity contribution in [3.8, 4) is 11.5 Å². The maximum atomic E-state index is 12.2. The Morgan fingerprint density at radius 2 is 2.04 bits per heavy atom. The fraction of sp³-hybridized carbons (Fsp3) is 0.222. The van der Waals surface area contributed by atoms with Crippen molar-refractivity contribution in [2.45, 2.75) is 6.10 Å². The van der Waals surface area contributed by atoms with E-state index < -0.39 is 6.10 Å². The SMILES string of the molecule is CN(C)c1ccc(/C=N\NC(=O)[C@@H]2COc3ccccc3O2)cc1Br. The molecule has 0 aliphatic carbocycles. The predicted molar refractivity (Wildman–Crippen MR) is 101 cm³/mol. The van der Waals surface area contributed by atoms with Crippen molar-refractivity contribution in [3.63, 3.8) is 0 Å². The number of fused-ring (bicyclic) bond motifs is 1. The van der Waals surface area contributed by atoms with Gasteiger partial charge < -0.3 is 14.4 Å². The molecule has 1 N–H and O–H groups in total. The minimum atomic E-state index is -0.727. The molecule has 0 saturated heterocycles. The molecular formula is C18H18BrN3O3. The van der Waals surface area contributed by atoms with Gasteiger partial charge in [-0.3, -0.25) is 4.79 Å². The largest absolute Gasteiger partial charge is 0.485 e. The van der Waals surface area contributed by atoms with Crippen LogP contribution in [0.4, 0.5) is 5.69 Å². The molecule has 0 fully saturated rings. The molecule has 0 saturated carbocycles. The third kappa shape index (κ3) is 4.11. The number of hydrogen-bond donors (Lipinski definition) is 1. The average molecular weight is 404 g/mol. The van der Waals surface area contributed by atoms with Crippen LogP contribution in [0.15, 0.2) is 52.0 Å². The smallest absolute Gasteiger partial charge is 0.284 e. The second-order valence-corrected chi connectivity index (χ2v) is 6.56. The van der Waals surface area contributed by atoms with E-state index in [1.165, 1.54) is 0 Å². The van der Waals surface area contributed by atoms with E-state index in [1.807, 2.05) is 49.3 Å². The number of hydrazone groups is 1. The van der Waals surface area contributed by atoms with Gasteiger partial charge in [-0.2, -0.15) is 5.10 Å². The zero-order valence-electron chi connectivity index (χ0n) is 13.9. The van der Waals surface area contributed by atoms with E-state index in [-0.39, 0.29) is 12.5 Å². The molecule has 0 aromatic heterocycles. The first-order valence-electron chi connectivity index (χ1n) is 7.73. The second-order valence-electron chi connectivity index (χ2n) is 5.70. The summed E-state index contributed by atoms with van der Waals surface area (Å²) in [5.74, 6) is 0.844. The Labute approximate surface area is 154 Å². The molecule has 0 radical (unpaired) electrons. The summed E-state index contributed by atoms with van der Waals surface area (Å²) in [6, 6.07) is 13.1. The van der Waals surface area contributed by atoms with Crippen molar-refractivity contribution in [2.24, 2.45) is 5.10 Å². The van der Waals surface area contributed by atoms with E-state index >= 15 is 0 Å². The molecular weight excluding hydrogens is 386 g/mol. The number of hydrogen-bond acceptors (Lipinski definition) is 5. The Kier molecular flexibility index (Phi) is 5.23. The lowest BCUT2D eigenvalue weighted by Crippen LogP contribution is -2.42. The summed E-state index contributed by atoms with van der Waals surface area (Å²) in [6.45, 7) is 0.154. The lowest BCUT2D eigenvalue weighted by atomic mass is 10.2. The van der Waals surface area contributed by atoms with Gasteiger partial charge in [0.1, 0.15) is 6.61 Å². The molecule has 1 aliphatic heterocycles. The van der Waals surface area contributed by atoms with E-state index in [4.69, 9.17) is 9.47 Å². The first-order valence-corrected chi connectivity index (χ1v) is 8.52. The second kappa shape index (κ2) is 7.57. The van der Waals surface area contributed by atoms with Crippen molar-refractivity contribution < 1.29 is 14.3 Å². The number of benzene rings is 2. The van der Waals surface area contributed by atoms with Gasteiger partial charge in [0, 0.05) is 18.6 Å². The van der Waals surface area contributed by atoms with Crippen molar-refractivity contribution in [1.82, 2.24) is 5.43 Å². The highest BCUT2D eigenvalue weighted by Gasteiger charge is 2.26. The van der Waals surface area contributed by atoms with Gasteiger partial charge in [0.2, 0.25) is 6.10 Å². The van der Waals surface area contributed by atoms with Crippen LogP contribution in [0, 0.1) is 0 Å². The Morgan fingerprint density at radius 3 is 2.76 bits per heavy atom. The molecule has 7 heteroatoms. The summed E-state index contributed by atoms with van der Waals surface area (Å²) in [5, 5.41) is 3.99. The number of nitrogens with one attached hydrogen (secondary N) is 1. The van der Waals surface area contributed by atoms with E-state index in [0.29, 0.717) is 11.5 Å². The molecule has 0 spiro atoms. The van der Waals surface area contributed by atoms with Crippen LogP contribution in [0.1, 0.15) is 5.56 Å². The molecule has 1 atom stereocenters. The highest BCUT2D eigenvalue weighted by atomic mass is 79.9. The van der Waals surface area contributed by atoms with Gasteiger partial charge in [0.05, 0.1) is 11.9 Å². The number of anilines is 1. The first-order chi connectivity index (χ1) is 12.0. The summed E-state index contributed by atoms with van der Waals surface area (Å²) in [6.07, 6.45) is 0.856. The monoisotopic (exact) mass is 403 g/mol. The molecule has 1 heterocycles. The molecule has 2 aromatic rings. The quantitative estimate of drug-likeness (QED) is 0.629. The predicted octanol–water partition coefficient (Wildman–Crippen LogP) is 2.81. The van der Waals surface area contributed by atoms with Gasteiger partial charge in [-0.15, -0.1) is 0 Å². The molecule has 25 heavy (non-hydrogen) atoms. The van der Waals surface area contributed by atoms with Gasteiger partial charge in [-0.1, -0.05) is 18.2 Å². The number of nitrogens with zero attached hydrogens (tertiary/aromatic N) is 2. The molecule has 0 bridgehead atoms. The Hall–Kier alpha value is -2.54. The summed E-state index contributed by atoms with van der Waals surface area (Å²) in [4.78, 5) is 14.2. The zero-order valence-corrected chi connectivity index (χ0v) is 15.5. The highest BCUT2D eigenvalue weighted by molar-refractivity contribution is 9.10. The first kappa shape index (κ1) is 17.3. The lowest BCUT2D eigenvalue weighted by molar-refractivity contribution is -0.130. The topological polar surface area (TPSA) is 63.2 Å². The average Bonchev–Trinajstić information content (AvgIpc) is 2.61. The van der Waals surface area contributed by atoms with Gasteiger partial charge in [0.15, 0.2) is 11.5 Å². The summed E-state index contributed by atoms with van der Waals surface area (Å²) < 4.78 is 12.1. The van der Waals surface area contributed by atoms with Crippen LogP contribution >= 0.6 is 15.9 Å². The van der Waals surface area contributed by atoms with Crippen LogP contribution in [-0.2, 0) is 4.79 Å². The third-order valence-corrected chi connectivity index (χ3v) is 4.28. The normalized spacial score (nSPS) is 15.9. The van der Waals surface area contributed by atoms with Crippen LogP contribution in [0.3, 0.4) is 0 Å². The molecule has 1 aliphatic rings. The number of amides is 1. The van der Waals surface area contributed by atoms with Crippen molar-refractivity contribution >= 4 is 33.7 Å². The van der Waals surface area contributed by atoms with Gasteiger partial charge in [-0.25, -0.2) is 5.43 Å². The molecule has 6 nitrogen and oxygen atoms in total. The molecule has 0 unspecified atom stereocenters. The third-order valence-electron chi connectivity index (χ3n) is 3.64. The highest BCUT2D eigenvalue weighted by Crippen LogP contribution is 2.30. The fourth-order valence-electron chi connectivity index (χ4n) is 2.36. The van der Waals surface area contributed by atoms with Crippen LogP contribution in [0.2, 0.25) is 0 Å². The number of carbonyl (C=O) groups is 1. The summed E-state index contributed by atoms with van der Waals surface area (Å²) in [7, 11) is 3.94. The van der Waals surface area contributed by atoms with Crippen molar-refractivity contribution in [2.75, 3.05) is 25.6 Å². The molecule has 2 aromatic carbocycles. The number of ether oxygens (including phenoxy) is 2. The number of para-hydroxylation sites is 2. The van der Waals surface area contributed by atoms with Crippen LogP contribution in [-0.4, -0.2) is 38.9 Å². The maximum Gasteiger partial charge on any atom is 0.284 e. The van der Waals surface area contributed by atoms with Gasteiger partial charge in [0.25, 0.3) is 5.91 Å². The van der Waals surface area contributed by atoms with E-state index in [9.17, 15) is 4.79 Å². The van der Waals surface area contributed by atoms with E-state index in [2.05, 4.69) is 26.5 Å². The Morgan fingerprint density at radius 1 is 1.28 bits per heavy atom. The summed E-state index contributed by atoms with van der Waals surface area (Å²) in [5.41, 5.74) is 4.42. The zero-order chi connectivity index (χ0) is 17.8. The minimum absolute atomic E-state index is 0.154. The lowest BCUT2D eigenvalue weighted by Gasteiger charge is -2.24. The Bertz CT molecular complexity index is 808. The number of rotatable bonds is 4. The molecule has 1 amide bonds. The number of halogens is 1. The van der Waals surface area contributed by atoms with E-state index in [1.54, 1.807) is 18.3 Å². The Balaban J connectivity index is 1.59. The maximum absolute atomic E-state index is 12.2. The standard InChI is InChI=1S/C18H18BrN3O3/c1-22(2)14-8-7-12(9-13(14)19)10-20-21-18(23)17-11-24-15-5-3-4-6-16(15)25-17/h3-10,17H,11H2,1-2H3,(H,21,23)/b20-10-/t17-/m0/s1. The van der Waals surface area contributed by atoms with Crippen molar-refractivity contribution in [3.05, 3.63) is 52.5 Å². The van der Waals surface area contributed by atoms with Gasteiger partial charge >= 0.3 is 0 Å². The summed E-state index contributed by atoms with van der Waals surface area (Å²) >= 11 is 3.52. The minimum Gasteiger partial charge on any atom is -0.485 e. The van der Waals surface area contributed by atoms with Crippen LogP contribution in [0.5, 0.6) is 11.5 Å². The van der Waals surface area contributed by atoms with Crippen molar-refractivity contribution in [1.29, 1.82) is 0 Å². The van der Waals surface area contributed by atoms with Crippen LogP contribution in [0.25, 0.3) is 0 Å². The number of carbonyl (C=O) groups excluding carboxylic acids is 1. The van der Waals surface area contributed by atoms with Crippen LogP contribution < -0.4 is 19.8 Å². The van der Waals surface area contributed by atoms with E-state index in [0.717, 1.165) is 15.7 Å².